The third kappa shape index (κ3) is 3.85. The molecule has 1 N–H and O–H groups in total. The lowest BCUT2D eigenvalue weighted by atomic mass is 9.88. The van der Waals surface area contributed by atoms with Crippen molar-refractivity contribution in [3.05, 3.63) is 0 Å². The van der Waals surface area contributed by atoms with Gasteiger partial charge in [-0.3, -0.25) is 4.90 Å². The van der Waals surface area contributed by atoms with Gasteiger partial charge < -0.3 is 14.6 Å². The lowest BCUT2D eigenvalue weighted by Gasteiger charge is -2.39. The molecule has 0 radical (unpaired) electrons. The Bertz CT molecular complexity index is 353. The number of likely N-dealkylation sites (N-methyl/N-ethyl adjacent to an activating group) is 1. The third-order valence-electron chi connectivity index (χ3n) is 3.38. The van der Waals surface area contributed by atoms with E-state index in [9.17, 15) is 14.7 Å². The van der Waals surface area contributed by atoms with E-state index in [1.807, 2.05) is 0 Å². The summed E-state index contributed by atoms with van der Waals surface area (Å²) < 4.78 is 10.7. The van der Waals surface area contributed by atoms with E-state index in [4.69, 9.17) is 9.47 Å². The van der Waals surface area contributed by atoms with Gasteiger partial charge in [0.05, 0.1) is 0 Å². The molecule has 0 aromatic carbocycles. The van der Waals surface area contributed by atoms with Crippen LogP contribution < -0.4 is 0 Å². The smallest absolute Gasteiger partial charge is 0.411 e. The molecule has 0 aromatic rings. The van der Waals surface area contributed by atoms with E-state index < -0.39 is 23.2 Å². The van der Waals surface area contributed by atoms with Crippen LogP contribution in [0.3, 0.4) is 0 Å². The predicted molar refractivity (Wildman–Crippen MR) is 73.7 cm³/mol. The quantitative estimate of drug-likeness (QED) is 0.861. The molecule has 0 aliphatic carbocycles. The first-order chi connectivity index (χ1) is 9.23. The molecule has 20 heavy (non-hydrogen) atoms. The van der Waals surface area contributed by atoms with Gasteiger partial charge in [0.2, 0.25) is 0 Å². The fourth-order valence-electron chi connectivity index (χ4n) is 2.46. The van der Waals surface area contributed by atoms with Crippen LogP contribution in [0.5, 0.6) is 0 Å². The van der Waals surface area contributed by atoms with E-state index in [0.29, 0.717) is 32.6 Å². The topological polar surface area (TPSA) is 76.1 Å². The Morgan fingerprint density at radius 2 is 1.95 bits per heavy atom. The molecule has 0 spiro atoms. The van der Waals surface area contributed by atoms with Gasteiger partial charge in [-0.05, 0) is 40.5 Å². The van der Waals surface area contributed by atoms with Crippen LogP contribution in [0.25, 0.3) is 0 Å². The van der Waals surface area contributed by atoms with E-state index >= 15 is 0 Å². The number of hydrogen-bond donors (Lipinski definition) is 1. The average molecular weight is 287 g/mol. The number of rotatable bonds is 3. The Morgan fingerprint density at radius 3 is 2.45 bits per heavy atom. The maximum atomic E-state index is 12.3. The van der Waals surface area contributed by atoms with Crippen molar-refractivity contribution in [1.82, 2.24) is 4.90 Å². The molecule has 0 bridgehead atoms. The highest BCUT2D eigenvalue weighted by Crippen LogP contribution is 2.30. The standard InChI is InChI=1S/C14H25NO5/c1-5-15(12(18)20-13(2,3)4)14(11(16)17)7-6-9-19-10-8-14/h5-10H2,1-4H3,(H,16,17). The van der Waals surface area contributed by atoms with Crippen LogP contribution in [-0.2, 0) is 14.3 Å². The lowest BCUT2D eigenvalue weighted by Crippen LogP contribution is -2.58. The molecular formula is C14H25NO5. The Kier molecular flexibility index (Phi) is 5.39. The maximum Gasteiger partial charge on any atom is 0.411 e. The molecule has 0 aromatic heterocycles. The molecule has 1 aliphatic heterocycles. The van der Waals surface area contributed by atoms with Crippen molar-refractivity contribution in [3.63, 3.8) is 0 Å². The summed E-state index contributed by atoms with van der Waals surface area (Å²) in [6.07, 6.45) is 0.709. The Balaban J connectivity index is 3.02. The average Bonchev–Trinajstić information content (AvgIpc) is 2.54. The summed E-state index contributed by atoms with van der Waals surface area (Å²) in [7, 11) is 0. The molecular weight excluding hydrogens is 262 g/mol. The van der Waals surface area contributed by atoms with Crippen molar-refractivity contribution in [2.45, 2.75) is 58.1 Å². The number of nitrogens with zero attached hydrogens (tertiary/aromatic N) is 1. The summed E-state index contributed by atoms with van der Waals surface area (Å²) in [5, 5.41) is 9.66. The minimum Gasteiger partial charge on any atom is -0.479 e. The molecule has 6 heteroatoms. The van der Waals surface area contributed by atoms with E-state index in [2.05, 4.69) is 0 Å². The van der Waals surface area contributed by atoms with Gasteiger partial charge in [-0.2, -0.15) is 0 Å². The van der Waals surface area contributed by atoms with Crippen LogP contribution in [0.4, 0.5) is 4.79 Å². The number of carboxylic acids is 1. The summed E-state index contributed by atoms with van der Waals surface area (Å²) in [6.45, 7) is 8.22. The van der Waals surface area contributed by atoms with Crippen LogP contribution in [0.2, 0.25) is 0 Å². The third-order valence-corrected chi connectivity index (χ3v) is 3.38. The zero-order valence-electron chi connectivity index (χ0n) is 12.8. The number of carbonyl (C=O) groups is 2. The largest absolute Gasteiger partial charge is 0.479 e. The van der Waals surface area contributed by atoms with Gasteiger partial charge in [0.25, 0.3) is 0 Å². The van der Waals surface area contributed by atoms with E-state index in [-0.39, 0.29) is 6.42 Å². The van der Waals surface area contributed by atoms with Crippen LogP contribution >= 0.6 is 0 Å². The number of hydrogen-bond acceptors (Lipinski definition) is 4. The summed E-state index contributed by atoms with van der Waals surface area (Å²) in [5.74, 6) is -0.990. The second-order valence-corrected chi connectivity index (χ2v) is 6.03. The molecule has 1 heterocycles. The number of ether oxygens (including phenoxy) is 2. The first kappa shape index (κ1) is 16.8. The first-order valence-corrected chi connectivity index (χ1v) is 7.05. The zero-order valence-corrected chi connectivity index (χ0v) is 12.8. The molecule has 6 nitrogen and oxygen atoms in total. The maximum absolute atomic E-state index is 12.3. The summed E-state index contributed by atoms with van der Waals surface area (Å²) in [6, 6.07) is 0. The van der Waals surface area contributed by atoms with Crippen LogP contribution in [0.1, 0.15) is 47.0 Å². The van der Waals surface area contributed by atoms with Crippen LogP contribution in [0.15, 0.2) is 0 Å². The van der Waals surface area contributed by atoms with Gasteiger partial charge in [-0.1, -0.05) is 0 Å². The number of carbonyl (C=O) groups excluding carboxylic acids is 1. The molecule has 1 aliphatic rings. The number of amides is 1. The fraction of sp³-hybridized carbons (Fsp3) is 0.857. The van der Waals surface area contributed by atoms with Crippen molar-refractivity contribution in [3.8, 4) is 0 Å². The normalized spacial score (nSPS) is 23.8. The van der Waals surface area contributed by atoms with Crippen LogP contribution in [0, 0.1) is 0 Å². The highest BCUT2D eigenvalue weighted by Gasteiger charge is 2.47. The van der Waals surface area contributed by atoms with Crippen molar-refractivity contribution in [1.29, 1.82) is 0 Å². The molecule has 1 unspecified atom stereocenters. The van der Waals surface area contributed by atoms with Gasteiger partial charge in [-0.15, -0.1) is 0 Å². The van der Waals surface area contributed by atoms with E-state index in [1.165, 1.54) is 4.90 Å². The second-order valence-electron chi connectivity index (χ2n) is 6.03. The molecule has 1 saturated heterocycles. The number of carboxylic acid groups (broad SMARTS) is 1. The summed E-state index contributed by atoms with van der Waals surface area (Å²) >= 11 is 0. The highest BCUT2D eigenvalue weighted by molar-refractivity contribution is 5.84. The predicted octanol–water partition coefficient (Wildman–Crippen LogP) is 2.27. The minimum atomic E-state index is -1.23. The Labute approximate surface area is 120 Å². The molecule has 0 saturated carbocycles. The van der Waals surface area contributed by atoms with Gasteiger partial charge in [-0.25, -0.2) is 9.59 Å². The Hall–Kier alpha value is -1.30. The first-order valence-electron chi connectivity index (χ1n) is 7.05. The number of aliphatic carboxylic acids is 1. The summed E-state index contributed by atoms with van der Waals surface area (Å²) in [4.78, 5) is 25.4. The highest BCUT2D eigenvalue weighted by atomic mass is 16.6. The molecule has 1 amide bonds. The second kappa shape index (κ2) is 6.43. The Morgan fingerprint density at radius 1 is 1.30 bits per heavy atom. The summed E-state index contributed by atoms with van der Waals surface area (Å²) in [5.41, 5.74) is -1.88. The monoisotopic (exact) mass is 287 g/mol. The minimum absolute atomic E-state index is 0.287. The van der Waals surface area contributed by atoms with Crippen molar-refractivity contribution in [2.24, 2.45) is 0 Å². The molecule has 1 atom stereocenters. The van der Waals surface area contributed by atoms with Crippen LogP contribution in [-0.4, -0.2) is 53.0 Å². The van der Waals surface area contributed by atoms with Gasteiger partial charge in [0.1, 0.15) is 11.1 Å². The van der Waals surface area contributed by atoms with Crippen molar-refractivity contribution >= 4 is 12.1 Å². The van der Waals surface area contributed by atoms with Gasteiger partial charge in [0.15, 0.2) is 0 Å². The lowest BCUT2D eigenvalue weighted by molar-refractivity contribution is -0.152. The van der Waals surface area contributed by atoms with Crippen molar-refractivity contribution in [2.75, 3.05) is 19.8 Å². The van der Waals surface area contributed by atoms with Gasteiger partial charge in [0, 0.05) is 26.2 Å². The zero-order chi connectivity index (χ0) is 15.4. The van der Waals surface area contributed by atoms with E-state index in [1.54, 1.807) is 27.7 Å². The SMILES string of the molecule is CCN(C(=O)OC(C)(C)C)C1(C(=O)O)CCCOCC1. The van der Waals surface area contributed by atoms with E-state index in [0.717, 1.165) is 0 Å². The molecule has 116 valence electrons. The molecule has 1 fully saturated rings. The fourth-order valence-corrected chi connectivity index (χ4v) is 2.46. The van der Waals surface area contributed by atoms with Gasteiger partial charge >= 0.3 is 12.1 Å². The molecule has 1 rings (SSSR count). The van der Waals surface area contributed by atoms with Crippen molar-refractivity contribution < 1.29 is 24.2 Å².